The highest BCUT2D eigenvalue weighted by Crippen LogP contribution is 2.39. The van der Waals surface area contributed by atoms with Crippen molar-refractivity contribution in [1.29, 1.82) is 0 Å². The van der Waals surface area contributed by atoms with Crippen LogP contribution in [0.4, 0.5) is 17.6 Å². The molecule has 118 valence electrons. The van der Waals surface area contributed by atoms with Gasteiger partial charge in [0.1, 0.15) is 0 Å². The molecule has 1 fully saturated rings. The molecule has 1 saturated carbocycles. The van der Waals surface area contributed by atoms with Gasteiger partial charge in [-0.3, -0.25) is 4.79 Å². The molecule has 0 aliphatic heterocycles. The van der Waals surface area contributed by atoms with Crippen molar-refractivity contribution in [2.24, 2.45) is 5.92 Å². The van der Waals surface area contributed by atoms with E-state index in [2.05, 4.69) is 4.74 Å². The summed E-state index contributed by atoms with van der Waals surface area (Å²) in [6.07, 6.45) is 2.40. The first kappa shape index (κ1) is 17.4. The Morgan fingerprint density at radius 3 is 2.25 bits per heavy atom. The average molecular weight is 320 g/mol. The van der Waals surface area contributed by atoms with Crippen LogP contribution in [0.1, 0.15) is 38.5 Å². The van der Waals surface area contributed by atoms with E-state index in [4.69, 9.17) is 4.55 Å². The molecular weight excluding hydrogens is 304 g/mol. The van der Waals surface area contributed by atoms with Gasteiger partial charge in [0.25, 0.3) is 0 Å². The van der Waals surface area contributed by atoms with Gasteiger partial charge in [-0.15, -0.1) is 0 Å². The molecule has 1 atom stereocenters. The Hall–Kier alpha value is -0.700. The fraction of sp³-hybridized carbons (Fsp3) is 0.909. The number of hydrogen-bond donors (Lipinski definition) is 1. The van der Waals surface area contributed by atoms with E-state index < -0.39 is 41.3 Å². The monoisotopic (exact) mass is 320 g/mol. The Morgan fingerprint density at radius 1 is 1.20 bits per heavy atom. The summed E-state index contributed by atoms with van der Waals surface area (Å²) in [6.45, 7) is -0.908. The Bertz CT molecular complexity index is 369. The summed E-state index contributed by atoms with van der Waals surface area (Å²) in [4.78, 5) is 11.5. The van der Waals surface area contributed by atoms with E-state index >= 15 is 0 Å². The smallest absolute Gasteiger partial charge is 0.406 e. The minimum atomic E-state index is -5.07. The van der Waals surface area contributed by atoms with Crippen LogP contribution in [0.25, 0.3) is 0 Å². The third-order valence-electron chi connectivity index (χ3n) is 3.24. The summed E-state index contributed by atoms with van der Waals surface area (Å²) < 4.78 is 74.5. The first-order valence-corrected chi connectivity index (χ1v) is 7.32. The zero-order valence-electron chi connectivity index (χ0n) is 10.6. The molecule has 20 heavy (non-hydrogen) atoms. The van der Waals surface area contributed by atoms with Gasteiger partial charge in [-0.1, -0.05) is 19.3 Å². The van der Waals surface area contributed by atoms with Crippen molar-refractivity contribution >= 4 is 17.0 Å². The lowest BCUT2D eigenvalue weighted by Crippen LogP contribution is -2.44. The molecule has 0 aromatic carbocycles. The van der Waals surface area contributed by atoms with Crippen molar-refractivity contribution < 1.29 is 35.9 Å². The van der Waals surface area contributed by atoms with E-state index in [1.807, 2.05) is 0 Å². The fourth-order valence-electron chi connectivity index (χ4n) is 2.01. The highest BCUT2D eigenvalue weighted by Gasteiger charge is 2.60. The molecule has 0 heterocycles. The van der Waals surface area contributed by atoms with Gasteiger partial charge in [0, 0.05) is 0 Å². The van der Waals surface area contributed by atoms with Crippen LogP contribution in [-0.4, -0.2) is 32.5 Å². The summed E-state index contributed by atoms with van der Waals surface area (Å²) >= 11 is -3.99. The van der Waals surface area contributed by atoms with Crippen molar-refractivity contribution in [1.82, 2.24) is 0 Å². The van der Waals surface area contributed by atoms with Gasteiger partial charge in [-0.2, -0.15) is 17.6 Å². The third-order valence-corrected chi connectivity index (χ3v) is 3.98. The van der Waals surface area contributed by atoms with Crippen LogP contribution in [0.15, 0.2) is 0 Å². The van der Waals surface area contributed by atoms with Gasteiger partial charge in [-0.25, -0.2) is 4.21 Å². The molecule has 0 saturated heterocycles. The Balaban J connectivity index is 2.42. The molecule has 0 spiro atoms. The first-order chi connectivity index (χ1) is 9.18. The van der Waals surface area contributed by atoms with Crippen molar-refractivity contribution in [2.75, 3.05) is 6.61 Å². The summed E-state index contributed by atoms with van der Waals surface area (Å²) in [5.41, 5.74) is 0. The van der Waals surface area contributed by atoms with Crippen LogP contribution in [0.2, 0.25) is 0 Å². The van der Waals surface area contributed by atoms with E-state index in [0.717, 1.165) is 19.3 Å². The average Bonchev–Trinajstić information content (AvgIpc) is 2.39. The number of hydrogen-bond acceptors (Lipinski definition) is 3. The molecule has 4 nitrogen and oxygen atoms in total. The van der Waals surface area contributed by atoms with Crippen molar-refractivity contribution in [3.8, 4) is 0 Å². The molecule has 1 unspecified atom stereocenters. The first-order valence-electron chi connectivity index (χ1n) is 6.21. The zero-order chi connectivity index (χ0) is 15.4. The summed E-state index contributed by atoms with van der Waals surface area (Å²) in [6, 6.07) is 0. The van der Waals surface area contributed by atoms with Crippen LogP contribution in [-0.2, 0) is 20.6 Å². The lowest BCUT2D eigenvalue weighted by molar-refractivity contribution is -0.174. The van der Waals surface area contributed by atoms with Crippen molar-refractivity contribution in [3.05, 3.63) is 0 Å². The van der Waals surface area contributed by atoms with Crippen LogP contribution in [0.3, 0.4) is 0 Å². The molecule has 0 aromatic rings. The van der Waals surface area contributed by atoms with E-state index in [-0.39, 0.29) is 5.92 Å². The molecule has 1 aliphatic rings. The predicted octanol–water partition coefficient (Wildman–Crippen LogP) is 2.95. The second-order valence-electron chi connectivity index (χ2n) is 4.72. The lowest BCUT2D eigenvalue weighted by atomic mass is 9.89. The van der Waals surface area contributed by atoms with Crippen LogP contribution in [0.5, 0.6) is 0 Å². The van der Waals surface area contributed by atoms with Crippen molar-refractivity contribution in [2.45, 2.75) is 49.7 Å². The highest BCUT2D eigenvalue weighted by molar-refractivity contribution is 7.80. The van der Waals surface area contributed by atoms with Gasteiger partial charge in [0.2, 0.25) is 11.1 Å². The van der Waals surface area contributed by atoms with Crippen LogP contribution in [0, 0.1) is 5.92 Å². The minimum absolute atomic E-state index is 0.371. The number of carbonyl (C=O) groups is 1. The van der Waals surface area contributed by atoms with Gasteiger partial charge >= 0.3 is 17.1 Å². The van der Waals surface area contributed by atoms with E-state index in [1.54, 1.807) is 0 Å². The number of esters is 1. The molecule has 9 heteroatoms. The Labute approximate surface area is 116 Å². The number of carbonyl (C=O) groups excluding carboxylic acids is 1. The molecule has 0 aromatic heterocycles. The molecule has 0 bridgehead atoms. The quantitative estimate of drug-likeness (QED) is 0.464. The number of rotatable bonds is 6. The third kappa shape index (κ3) is 4.15. The van der Waals surface area contributed by atoms with Crippen LogP contribution >= 0.6 is 0 Å². The predicted molar refractivity (Wildman–Crippen MR) is 62.8 cm³/mol. The minimum Gasteiger partial charge on any atom is -0.465 e. The maximum atomic E-state index is 13.1. The van der Waals surface area contributed by atoms with Gasteiger partial charge in [0.05, 0.1) is 18.9 Å². The van der Waals surface area contributed by atoms with Crippen LogP contribution < -0.4 is 0 Å². The highest BCUT2D eigenvalue weighted by atomic mass is 32.2. The maximum Gasteiger partial charge on any atom is 0.406 e. The molecule has 0 amide bonds. The molecule has 1 aliphatic carbocycles. The van der Waals surface area contributed by atoms with Crippen molar-refractivity contribution in [3.63, 3.8) is 0 Å². The van der Waals surface area contributed by atoms with E-state index in [0.29, 0.717) is 12.8 Å². The van der Waals surface area contributed by atoms with E-state index in [9.17, 15) is 26.6 Å². The standard InChI is InChI=1S/C11H16F4O4S/c12-10(13,11(14,15)20(17)18)6-7-19-9(16)8-4-2-1-3-5-8/h8H,1-7H2,(H,17,18). The number of ether oxygens (including phenoxy) is 1. The normalized spacial score (nSPS) is 19.6. The summed E-state index contributed by atoms with van der Waals surface area (Å²) in [7, 11) is 0. The SMILES string of the molecule is O=C(OCCC(F)(F)C(F)(F)S(=O)O)C1CCCCC1. The second kappa shape index (κ2) is 6.84. The fourth-order valence-corrected chi connectivity index (χ4v) is 2.37. The van der Waals surface area contributed by atoms with Gasteiger partial charge < -0.3 is 9.29 Å². The van der Waals surface area contributed by atoms with Gasteiger partial charge in [-0.05, 0) is 12.8 Å². The topological polar surface area (TPSA) is 63.6 Å². The largest absolute Gasteiger partial charge is 0.465 e. The summed E-state index contributed by atoms with van der Waals surface area (Å²) in [5, 5.41) is -5.07. The van der Waals surface area contributed by atoms with Gasteiger partial charge in [0.15, 0.2) is 0 Å². The summed E-state index contributed by atoms with van der Waals surface area (Å²) in [5.74, 6) is -5.75. The lowest BCUT2D eigenvalue weighted by Gasteiger charge is -2.24. The second-order valence-corrected chi connectivity index (χ2v) is 5.73. The van der Waals surface area contributed by atoms with E-state index in [1.165, 1.54) is 0 Å². The number of halogens is 4. The Morgan fingerprint density at radius 2 is 1.75 bits per heavy atom. The number of alkyl halides is 4. The molecule has 1 N–H and O–H groups in total. The molecule has 0 radical (unpaired) electrons. The molecule has 1 rings (SSSR count). The molecular formula is C11H16F4O4S. The Kier molecular flexibility index (Phi) is 5.93. The maximum absolute atomic E-state index is 13.1. The zero-order valence-corrected chi connectivity index (χ0v) is 11.4.